The van der Waals surface area contributed by atoms with Crippen LogP contribution in [0.1, 0.15) is 55.1 Å². The molecule has 0 radical (unpaired) electrons. The van der Waals surface area contributed by atoms with Gasteiger partial charge in [-0.3, -0.25) is 14.3 Å². The van der Waals surface area contributed by atoms with Crippen LogP contribution in [0.2, 0.25) is 0 Å². The lowest BCUT2D eigenvalue weighted by Gasteiger charge is -2.38. The van der Waals surface area contributed by atoms with Gasteiger partial charge in [-0.05, 0) is 38.7 Å². The SMILES string of the molecule is CC1(C)CN(C(=O)Cn2cc(NC(=O)c3cc[nH]c3C3CCC3)cn2)CCO1. The number of nitrogens with zero attached hydrogens (tertiary/aromatic N) is 3. The van der Waals surface area contributed by atoms with Crippen molar-refractivity contribution in [2.75, 3.05) is 25.0 Å². The lowest BCUT2D eigenvalue weighted by atomic mass is 9.81. The van der Waals surface area contributed by atoms with Crippen LogP contribution in [0, 0.1) is 0 Å². The van der Waals surface area contributed by atoms with Crippen molar-refractivity contribution in [1.82, 2.24) is 19.7 Å². The van der Waals surface area contributed by atoms with Gasteiger partial charge in [-0.25, -0.2) is 0 Å². The topological polar surface area (TPSA) is 92.2 Å². The molecule has 150 valence electrons. The maximum absolute atomic E-state index is 12.6. The van der Waals surface area contributed by atoms with E-state index in [4.69, 9.17) is 4.74 Å². The summed E-state index contributed by atoms with van der Waals surface area (Å²) < 4.78 is 7.21. The molecular weight excluding hydrogens is 358 g/mol. The first-order valence-electron chi connectivity index (χ1n) is 9.84. The predicted octanol–water partition coefficient (Wildman–Crippen LogP) is 2.37. The van der Waals surface area contributed by atoms with Gasteiger partial charge in [0, 0.05) is 31.2 Å². The lowest BCUT2D eigenvalue weighted by molar-refractivity contribution is -0.146. The molecule has 3 heterocycles. The first-order chi connectivity index (χ1) is 13.4. The summed E-state index contributed by atoms with van der Waals surface area (Å²) in [5.74, 6) is 0.299. The first kappa shape index (κ1) is 18.7. The summed E-state index contributed by atoms with van der Waals surface area (Å²) in [5, 5.41) is 7.11. The number of H-pyrrole nitrogens is 1. The predicted molar refractivity (Wildman–Crippen MR) is 104 cm³/mol. The van der Waals surface area contributed by atoms with Gasteiger partial charge < -0.3 is 19.9 Å². The van der Waals surface area contributed by atoms with E-state index in [1.165, 1.54) is 6.42 Å². The number of carbonyl (C=O) groups excluding carboxylic acids is 2. The van der Waals surface area contributed by atoms with Gasteiger partial charge in [0.05, 0.1) is 29.7 Å². The van der Waals surface area contributed by atoms with Gasteiger partial charge >= 0.3 is 0 Å². The van der Waals surface area contributed by atoms with Crippen LogP contribution in [-0.2, 0) is 16.1 Å². The molecule has 0 aromatic carbocycles. The van der Waals surface area contributed by atoms with Crippen LogP contribution >= 0.6 is 0 Å². The Bertz CT molecular complexity index is 865. The lowest BCUT2D eigenvalue weighted by Crippen LogP contribution is -2.51. The zero-order chi connectivity index (χ0) is 19.7. The van der Waals surface area contributed by atoms with Gasteiger partial charge in [-0.2, -0.15) is 5.10 Å². The van der Waals surface area contributed by atoms with Crippen molar-refractivity contribution in [3.8, 4) is 0 Å². The molecule has 1 saturated heterocycles. The van der Waals surface area contributed by atoms with Crippen LogP contribution < -0.4 is 5.32 Å². The number of carbonyl (C=O) groups is 2. The molecule has 1 aliphatic heterocycles. The summed E-state index contributed by atoms with van der Waals surface area (Å²) in [7, 11) is 0. The second-order valence-electron chi connectivity index (χ2n) is 8.24. The maximum atomic E-state index is 12.6. The first-order valence-corrected chi connectivity index (χ1v) is 9.84. The quantitative estimate of drug-likeness (QED) is 0.826. The van der Waals surface area contributed by atoms with Crippen molar-refractivity contribution >= 4 is 17.5 Å². The normalized spacial score (nSPS) is 19.3. The number of anilines is 1. The number of aromatic nitrogens is 3. The molecule has 2 aromatic heterocycles. The Kier molecular flexibility index (Phi) is 4.97. The molecule has 1 saturated carbocycles. The second-order valence-corrected chi connectivity index (χ2v) is 8.24. The van der Waals surface area contributed by atoms with Crippen LogP contribution in [0.25, 0.3) is 0 Å². The van der Waals surface area contributed by atoms with E-state index in [2.05, 4.69) is 15.4 Å². The highest BCUT2D eigenvalue weighted by molar-refractivity contribution is 6.05. The van der Waals surface area contributed by atoms with Crippen LogP contribution in [0.3, 0.4) is 0 Å². The van der Waals surface area contributed by atoms with Crippen LogP contribution in [0.15, 0.2) is 24.7 Å². The minimum Gasteiger partial charge on any atom is -0.372 e. The largest absolute Gasteiger partial charge is 0.372 e. The Morgan fingerprint density at radius 3 is 2.93 bits per heavy atom. The third-order valence-corrected chi connectivity index (χ3v) is 5.50. The number of hydrogen-bond donors (Lipinski definition) is 2. The minimum absolute atomic E-state index is 0.00439. The molecule has 2 aliphatic rings. The van der Waals surface area contributed by atoms with E-state index in [1.807, 2.05) is 26.1 Å². The monoisotopic (exact) mass is 385 g/mol. The summed E-state index contributed by atoms with van der Waals surface area (Å²) in [4.78, 5) is 30.2. The maximum Gasteiger partial charge on any atom is 0.257 e. The van der Waals surface area contributed by atoms with Gasteiger partial charge in [0.15, 0.2) is 0 Å². The van der Waals surface area contributed by atoms with Gasteiger partial charge in [0.2, 0.25) is 5.91 Å². The van der Waals surface area contributed by atoms with E-state index in [-0.39, 0.29) is 24.0 Å². The third-order valence-electron chi connectivity index (χ3n) is 5.50. The smallest absolute Gasteiger partial charge is 0.257 e. The fourth-order valence-electron chi connectivity index (χ4n) is 3.80. The number of aromatic amines is 1. The third kappa shape index (κ3) is 3.96. The van der Waals surface area contributed by atoms with Gasteiger partial charge in [-0.1, -0.05) is 6.42 Å². The molecule has 0 atom stereocenters. The van der Waals surface area contributed by atoms with E-state index >= 15 is 0 Å². The van der Waals surface area contributed by atoms with Crippen LogP contribution in [0.5, 0.6) is 0 Å². The molecule has 2 aromatic rings. The number of morpholine rings is 1. The number of nitrogens with one attached hydrogen (secondary N) is 2. The molecule has 2 N–H and O–H groups in total. The molecule has 1 aliphatic carbocycles. The molecule has 0 bridgehead atoms. The second kappa shape index (κ2) is 7.43. The number of hydrogen-bond acceptors (Lipinski definition) is 4. The molecule has 2 fully saturated rings. The van der Waals surface area contributed by atoms with E-state index in [1.54, 1.807) is 22.0 Å². The summed E-state index contributed by atoms with van der Waals surface area (Å²) in [6.45, 7) is 5.79. The fraction of sp³-hybridized carbons (Fsp3) is 0.550. The highest BCUT2D eigenvalue weighted by Crippen LogP contribution is 2.37. The molecule has 0 spiro atoms. The Balaban J connectivity index is 1.36. The Morgan fingerprint density at radius 1 is 1.39 bits per heavy atom. The average molecular weight is 385 g/mol. The summed E-state index contributed by atoms with van der Waals surface area (Å²) in [6.07, 6.45) is 8.54. The standard InChI is InChI=1S/C20H27N5O3/c1-20(2)13-24(8-9-28-20)17(26)12-25-11-15(10-22-25)23-19(27)16-6-7-21-18(16)14-4-3-5-14/h6-7,10-11,14,21H,3-5,8-9,12-13H2,1-2H3,(H,23,27). The Labute approximate surface area is 164 Å². The van der Waals surface area contributed by atoms with Gasteiger partial charge in [-0.15, -0.1) is 0 Å². The minimum atomic E-state index is -0.328. The zero-order valence-electron chi connectivity index (χ0n) is 16.4. The molecule has 0 unspecified atom stereocenters. The van der Waals surface area contributed by atoms with Crippen LogP contribution in [-0.4, -0.2) is 56.8 Å². The highest BCUT2D eigenvalue weighted by atomic mass is 16.5. The molecule has 2 amide bonds. The van der Waals surface area contributed by atoms with Gasteiger partial charge in [0.1, 0.15) is 6.54 Å². The Hall–Kier alpha value is -2.61. The van der Waals surface area contributed by atoms with E-state index in [0.29, 0.717) is 36.9 Å². The van der Waals surface area contributed by atoms with E-state index in [0.717, 1.165) is 18.5 Å². The van der Waals surface area contributed by atoms with Gasteiger partial charge in [0.25, 0.3) is 5.91 Å². The number of ether oxygens (including phenoxy) is 1. The van der Waals surface area contributed by atoms with Crippen molar-refractivity contribution in [3.63, 3.8) is 0 Å². The van der Waals surface area contributed by atoms with Crippen LogP contribution in [0.4, 0.5) is 5.69 Å². The van der Waals surface area contributed by atoms with Crippen molar-refractivity contribution < 1.29 is 14.3 Å². The molecule has 8 heteroatoms. The molecule has 8 nitrogen and oxygen atoms in total. The average Bonchev–Trinajstić information content (AvgIpc) is 3.22. The number of amides is 2. The van der Waals surface area contributed by atoms with Crippen molar-refractivity contribution in [1.29, 1.82) is 0 Å². The molecule has 28 heavy (non-hydrogen) atoms. The van der Waals surface area contributed by atoms with Crippen molar-refractivity contribution in [2.24, 2.45) is 0 Å². The number of rotatable bonds is 5. The fourth-order valence-corrected chi connectivity index (χ4v) is 3.80. The Morgan fingerprint density at radius 2 is 2.21 bits per heavy atom. The molecule has 4 rings (SSSR count). The van der Waals surface area contributed by atoms with Crippen molar-refractivity contribution in [2.45, 2.75) is 51.2 Å². The summed E-state index contributed by atoms with van der Waals surface area (Å²) in [5.41, 5.74) is 1.96. The van der Waals surface area contributed by atoms with Crippen molar-refractivity contribution in [3.05, 3.63) is 35.9 Å². The molecular formula is C20H27N5O3. The highest BCUT2D eigenvalue weighted by Gasteiger charge is 2.30. The summed E-state index contributed by atoms with van der Waals surface area (Å²) >= 11 is 0. The van der Waals surface area contributed by atoms with E-state index in [9.17, 15) is 9.59 Å². The van der Waals surface area contributed by atoms with E-state index < -0.39 is 0 Å². The summed E-state index contributed by atoms with van der Waals surface area (Å²) in [6, 6.07) is 1.82. The zero-order valence-corrected chi connectivity index (χ0v) is 16.4.